The Morgan fingerprint density at radius 1 is 1.25 bits per heavy atom. The summed E-state index contributed by atoms with van der Waals surface area (Å²) < 4.78 is 0. The first-order valence-corrected chi connectivity index (χ1v) is 4.67. The molecule has 0 aliphatic carbocycles. The molecule has 0 saturated carbocycles. The van der Waals surface area contributed by atoms with Crippen LogP contribution in [0, 0.1) is 11.3 Å². The standard InChI is InChI=1S/C11H9N5/c1-16(10-3-2-4-13-7-10)11-8-14-9(5-12)6-15-11/h2-4,6-8H,1H3. The third kappa shape index (κ3) is 1.96. The molecule has 0 aliphatic rings. The van der Waals surface area contributed by atoms with E-state index in [1.807, 2.05) is 30.1 Å². The second-order valence-corrected chi connectivity index (χ2v) is 3.14. The SMILES string of the molecule is CN(c1cccnc1)c1cnc(C#N)cn1. The summed E-state index contributed by atoms with van der Waals surface area (Å²) >= 11 is 0. The molecule has 5 nitrogen and oxygen atoms in total. The Hall–Kier alpha value is -2.48. The lowest BCUT2D eigenvalue weighted by Crippen LogP contribution is -2.11. The second kappa shape index (κ2) is 4.36. The summed E-state index contributed by atoms with van der Waals surface area (Å²) in [5.74, 6) is 0.673. The van der Waals surface area contributed by atoms with E-state index in [9.17, 15) is 0 Å². The van der Waals surface area contributed by atoms with E-state index < -0.39 is 0 Å². The van der Waals surface area contributed by atoms with Crippen LogP contribution in [0.4, 0.5) is 11.5 Å². The minimum Gasteiger partial charge on any atom is -0.327 e. The summed E-state index contributed by atoms with van der Waals surface area (Å²) in [6.45, 7) is 0. The Bertz CT molecular complexity index is 500. The van der Waals surface area contributed by atoms with Gasteiger partial charge in [-0.2, -0.15) is 5.26 Å². The first-order chi connectivity index (χ1) is 7.81. The number of nitriles is 1. The van der Waals surface area contributed by atoms with Crippen LogP contribution in [0.2, 0.25) is 0 Å². The third-order valence-electron chi connectivity index (χ3n) is 2.13. The topological polar surface area (TPSA) is 65.7 Å². The molecule has 0 fully saturated rings. The van der Waals surface area contributed by atoms with Crippen molar-refractivity contribution in [1.29, 1.82) is 5.26 Å². The van der Waals surface area contributed by atoms with Crippen molar-refractivity contribution in [3.8, 4) is 6.07 Å². The second-order valence-electron chi connectivity index (χ2n) is 3.14. The highest BCUT2D eigenvalue weighted by molar-refractivity contribution is 5.56. The molecule has 78 valence electrons. The van der Waals surface area contributed by atoms with Gasteiger partial charge >= 0.3 is 0 Å². The number of nitrogens with zero attached hydrogens (tertiary/aromatic N) is 5. The van der Waals surface area contributed by atoms with Crippen LogP contribution in [0.15, 0.2) is 36.9 Å². The smallest absolute Gasteiger partial charge is 0.158 e. The van der Waals surface area contributed by atoms with Crippen LogP contribution < -0.4 is 4.90 Å². The first-order valence-electron chi connectivity index (χ1n) is 4.67. The number of pyridine rings is 1. The van der Waals surface area contributed by atoms with Crippen LogP contribution in [-0.4, -0.2) is 22.0 Å². The first kappa shape index (κ1) is 10.1. The van der Waals surface area contributed by atoms with E-state index in [4.69, 9.17) is 5.26 Å². The normalized spacial score (nSPS) is 9.50. The molecule has 2 aromatic rings. The Labute approximate surface area is 93.0 Å². The Morgan fingerprint density at radius 3 is 2.69 bits per heavy atom. The maximum atomic E-state index is 8.61. The lowest BCUT2D eigenvalue weighted by molar-refractivity contribution is 1.07. The van der Waals surface area contributed by atoms with E-state index in [1.54, 1.807) is 18.6 Å². The molecule has 0 saturated heterocycles. The fraction of sp³-hybridized carbons (Fsp3) is 0.0909. The van der Waals surface area contributed by atoms with Crippen LogP contribution in [0.25, 0.3) is 0 Å². The minimum atomic E-state index is 0.309. The van der Waals surface area contributed by atoms with Crippen molar-refractivity contribution in [3.63, 3.8) is 0 Å². The van der Waals surface area contributed by atoms with Crippen molar-refractivity contribution in [2.75, 3.05) is 11.9 Å². The molecule has 0 radical (unpaired) electrons. The van der Waals surface area contributed by atoms with E-state index in [0.29, 0.717) is 11.5 Å². The maximum Gasteiger partial charge on any atom is 0.158 e. The van der Waals surface area contributed by atoms with Gasteiger partial charge in [0.15, 0.2) is 11.5 Å². The number of aromatic nitrogens is 3. The number of anilines is 2. The summed E-state index contributed by atoms with van der Waals surface area (Å²) in [4.78, 5) is 14.0. The van der Waals surface area contributed by atoms with Crippen molar-refractivity contribution < 1.29 is 0 Å². The highest BCUT2D eigenvalue weighted by Gasteiger charge is 2.05. The summed E-state index contributed by atoms with van der Waals surface area (Å²) in [7, 11) is 1.87. The van der Waals surface area contributed by atoms with Gasteiger partial charge in [-0.15, -0.1) is 0 Å². The Kier molecular flexibility index (Phi) is 2.74. The molecule has 2 aromatic heterocycles. The van der Waals surface area contributed by atoms with Crippen LogP contribution >= 0.6 is 0 Å². The molecular formula is C11H9N5. The fourth-order valence-corrected chi connectivity index (χ4v) is 1.24. The maximum absolute atomic E-state index is 8.61. The van der Waals surface area contributed by atoms with Gasteiger partial charge in [-0.3, -0.25) is 4.98 Å². The highest BCUT2D eigenvalue weighted by atomic mass is 15.2. The lowest BCUT2D eigenvalue weighted by atomic mass is 10.4. The predicted octanol–water partition coefficient (Wildman–Crippen LogP) is 1.51. The van der Waals surface area contributed by atoms with Gasteiger partial charge in [-0.05, 0) is 12.1 Å². The van der Waals surface area contributed by atoms with Gasteiger partial charge in [-0.1, -0.05) is 0 Å². The van der Waals surface area contributed by atoms with E-state index >= 15 is 0 Å². The summed E-state index contributed by atoms with van der Waals surface area (Å²) in [5, 5.41) is 8.61. The van der Waals surface area contributed by atoms with Gasteiger partial charge < -0.3 is 4.90 Å². The quantitative estimate of drug-likeness (QED) is 0.753. The third-order valence-corrected chi connectivity index (χ3v) is 2.13. The van der Waals surface area contributed by atoms with Crippen molar-refractivity contribution >= 4 is 11.5 Å². The Balaban J connectivity index is 2.28. The molecule has 0 unspecified atom stereocenters. The predicted molar refractivity (Wildman–Crippen MR) is 59.0 cm³/mol. The van der Waals surface area contributed by atoms with Crippen LogP contribution in [0.1, 0.15) is 5.69 Å². The van der Waals surface area contributed by atoms with Crippen LogP contribution in [-0.2, 0) is 0 Å². The molecule has 0 spiro atoms. The van der Waals surface area contributed by atoms with Crippen molar-refractivity contribution in [2.45, 2.75) is 0 Å². The Morgan fingerprint density at radius 2 is 2.12 bits per heavy atom. The largest absolute Gasteiger partial charge is 0.327 e. The minimum absolute atomic E-state index is 0.309. The van der Waals surface area contributed by atoms with Gasteiger partial charge in [0, 0.05) is 13.2 Å². The summed E-state index contributed by atoms with van der Waals surface area (Å²) in [5.41, 5.74) is 1.23. The zero-order valence-electron chi connectivity index (χ0n) is 8.70. The summed E-state index contributed by atoms with van der Waals surface area (Å²) in [6, 6.07) is 5.70. The fourth-order valence-electron chi connectivity index (χ4n) is 1.24. The van der Waals surface area contributed by atoms with Crippen LogP contribution in [0.5, 0.6) is 0 Å². The molecule has 0 amide bonds. The highest BCUT2D eigenvalue weighted by Crippen LogP contribution is 2.18. The molecule has 0 aromatic carbocycles. The van der Waals surface area contributed by atoms with Gasteiger partial charge in [0.2, 0.25) is 0 Å². The zero-order chi connectivity index (χ0) is 11.4. The van der Waals surface area contributed by atoms with E-state index in [2.05, 4.69) is 15.0 Å². The molecule has 2 heterocycles. The molecule has 2 rings (SSSR count). The van der Waals surface area contributed by atoms with E-state index in [0.717, 1.165) is 5.69 Å². The molecule has 0 N–H and O–H groups in total. The van der Waals surface area contributed by atoms with Gasteiger partial charge in [0.1, 0.15) is 6.07 Å². The number of hydrogen-bond donors (Lipinski definition) is 0. The van der Waals surface area contributed by atoms with Crippen molar-refractivity contribution in [1.82, 2.24) is 15.0 Å². The van der Waals surface area contributed by atoms with E-state index in [-0.39, 0.29) is 0 Å². The van der Waals surface area contributed by atoms with Crippen molar-refractivity contribution in [2.24, 2.45) is 0 Å². The molecule has 0 bridgehead atoms. The average molecular weight is 211 g/mol. The van der Waals surface area contributed by atoms with Gasteiger partial charge in [0.05, 0.1) is 24.3 Å². The van der Waals surface area contributed by atoms with Gasteiger partial charge in [-0.25, -0.2) is 9.97 Å². The van der Waals surface area contributed by atoms with E-state index in [1.165, 1.54) is 6.20 Å². The van der Waals surface area contributed by atoms with Crippen LogP contribution in [0.3, 0.4) is 0 Å². The zero-order valence-corrected chi connectivity index (χ0v) is 8.70. The number of rotatable bonds is 2. The molecule has 16 heavy (non-hydrogen) atoms. The lowest BCUT2D eigenvalue weighted by Gasteiger charge is -2.16. The average Bonchev–Trinajstić information content (AvgIpc) is 2.39. The molecule has 0 aliphatic heterocycles. The monoisotopic (exact) mass is 211 g/mol. The van der Waals surface area contributed by atoms with Crippen molar-refractivity contribution in [3.05, 3.63) is 42.6 Å². The molecule has 5 heteroatoms. The van der Waals surface area contributed by atoms with Gasteiger partial charge in [0.25, 0.3) is 0 Å². The number of hydrogen-bond acceptors (Lipinski definition) is 5. The molecule has 0 atom stereocenters. The molecular weight excluding hydrogens is 202 g/mol. The summed E-state index contributed by atoms with van der Waals surface area (Å²) in [6.07, 6.45) is 6.45.